The Morgan fingerprint density at radius 2 is 1.96 bits per heavy atom. The highest BCUT2D eigenvalue weighted by atomic mass is 32.1. The minimum absolute atomic E-state index is 0.0185. The number of furan rings is 1. The van der Waals surface area contributed by atoms with Crippen molar-refractivity contribution in [3.63, 3.8) is 0 Å². The second-order valence-electron chi connectivity index (χ2n) is 6.10. The van der Waals surface area contributed by atoms with Gasteiger partial charge in [-0.05, 0) is 12.1 Å². The van der Waals surface area contributed by atoms with Crippen LogP contribution < -0.4 is 10.6 Å². The van der Waals surface area contributed by atoms with Gasteiger partial charge >= 0.3 is 6.03 Å². The molecule has 1 aliphatic heterocycles. The van der Waals surface area contributed by atoms with Crippen molar-refractivity contribution in [1.29, 1.82) is 0 Å². The Hall–Kier alpha value is -2.88. The molecule has 3 rings (SSSR count). The summed E-state index contributed by atoms with van der Waals surface area (Å²) < 4.78 is 5.16. The van der Waals surface area contributed by atoms with Crippen molar-refractivity contribution >= 4 is 34.3 Å². The first-order valence-electron chi connectivity index (χ1n) is 8.56. The molecule has 0 atom stereocenters. The SMILES string of the molecule is CC(=O)N1CCN(C(=O)Nc2nc(CC(=O)NCc3ccco3)cs2)CC1. The zero-order chi connectivity index (χ0) is 19.2. The molecular weight excluding hydrogens is 370 g/mol. The Bertz CT molecular complexity index is 796. The average molecular weight is 391 g/mol. The lowest BCUT2D eigenvalue weighted by atomic mass is 10.3. The van der Waals surface area contributed by atoms with Crippen molar-refractivity contribution in [1.82, 2.24) is 20.1 Å². The van der Waals surface area contributed by atoms with E-state index in [1.165, 1.54) is 18.3 Å². The van der Waals surface area contributed by atoms with Gasteiger partial charge < -0.3 is 19.5 Å². The molecule has 0 bridgehead atoms. The minimum atomic E-state index is -0.249. The van der Waals surface area contributed by atoms with Gasteiger partial charge in [-0.15, -0.1) is 11.3 Å². The van der Waals surface area contributed by atoms with E-state index < -0.39 is 0 Å². The number of amides is 4. The topological polar surface area (TPSA) is 108 Å². The summed E-state index contributed by atoms with van der Waals surface area (Å²) in [6.45, 7) is 3.88. The van der Waals surface area contributed by atoms with Gasteiger partial charge in [-0.3, -0.25) is 14.9 Å². The summed E-state index contributed by atoms with van der Waals surface area (Å²) in [6.07, 6.45) is 1.68. The number of thiazole rings is 1. The van der Waals surface area contributed by atoms with Gasteiger partial charge in [0.05, 0.1) is 24.9 Å². The molecule has 2 N–H and O–H groups in total. The van der Waals surface area contributed by atoms with E-state index in [2.05, 4.69) is 15.6 Å². The summed E-state index contributed by atoms with van der Waals surface area (Å²) in [4.78, 5) is 43.2. The van der Waals surface area contributed by atoms with Gasteiger partial charge in [0.2, 0.25) is 11.8 Å². The van der Waals surface area contributed by atoms with Crippen LogP contribution in [-0.4, -0.2) is 58.8 Å². The number of hydrogen-bond donors (Lipinski definition) is 2. The third-order valence-electron chi connectivity index (χ3n) is 4.16. The van der Waals surface area contributed by atoms with Crippen molar-refractivity contribution in [3.8, 4) is 0 Å². The van der Waals surface area contributed by atoms with E-state index in [0.717, 1.165) is 0 Å². The number of nitrogens with zero attached hydrogens (tertiary/aromatic N) is 3. The Labute approximate surface area is 160 Å². The monoisotopic (exact) mass is 391 g/mol. The summed E-state index contributed by atoms with van der Waals surface area (Å²) >= 11 is 1.27. The number of nitrogens with one attached hydrogen (secondary N) is 2. The van der Waals surface area contributed by atoms with Crippen LogP contribution >= 0.6 is 11.3 Å². The zero-order valence-electron chi connectivity index (χ0n) is 14.9. The number of carbonyl (C=O) groups is 3. The molecule has 1 aliphatic rings. The highest BCUT2D eigenvalue weighted by molar-refractivity contribution is 7.13. The molecule has 144 valence electrons. The predicted molar refractivity (Wildman–Crippen MR) is 99.2 cm³/mol. The lowest BCUT2D eigenvalue weighted by molar-refractivity contribution is -0.130. The van der Waals surface area contributed by atoms with Crippen LogP contribution in [0.3, 0.4) is 0 Å². The van der Waals surface area contributed by atoms with Crippen LogP contribution in [0.1, 0.15) is 18.4 Å². The summed E-state index contributed by atoms with van der Waals surface area (Å²) in [7, 11) is 0. The van der Waals surface area contributed by atoms with E-state index >= 15 is 0 Å². The van der Waals surface area contributed by atoms with Crippen molar-refractivity contribution < 1.29 is 18.8 Å². The number of aromatic nitrogens is 1. The fraction of sp³-hybridized carbons (Fsp3) is 0.412. The quantitative estimate of drug-likeness (QED) is 0.799. The van der Waals surface area contributed by atoms with Crippen molar-refractivity contribution in [2.24, 2.45) is 0 Å². The van der Waals surface area contributed by atoms with Gasteiger partial charge in [-0.25, -0.2) is 9.78 Å². The molecule has 1 fully saturated rings. The molecule has 2 aromatic rings. The standard InChI is InChI=1S/C17H21N5O4S/c1-12(23)21-4-6-22(7-5-21)17(25)20-16-19-13(11-27-16)9-15(24)18-10-14-3-2-8-26-14/h2-3,8,11H,4-7,9-10H2,1H3,(H,18,24)(H,19,20,25). The van der Waals surface area contributed by atoms with E-state index in [0.29, 0.717) is 49.3 Å². The fourth-order valence-electron chi connectivity index (χ4n) is 2.67. The van der Waals surface area contributed by atoms with Gasteiger partial charge in [0.15, 0.2) is 5.13 Å². The maximum atomic E-state index is 12.3. The molecule has 0 aliphatic carbocycles. The number of hydrogen-bond acceptors (Lipinski definition) is 6. The molecule has 9 nitrogen and oxygen atoms in total. The Kier molecular flexibility index (Phi) is 6.07. The first-order valence-corrected chi connectivity index (χ1v) is 9.44. The molecule has 4 amide bonds. The molecule has 3 heterocycles. The van der Waals surface area contributed by atoms with E-state index in [1.807, 2.05) is 0 Å². The van der Waals surface area contributed by atoms with E-state index in [9.17, 15) is 14.4 Å². The second kappa shape index (κ2) is 8.67. The Morgan fingerprint density at radius 3 is 2.63 bits per heavy atom. The average Bonchev–Trinajstić information content (AvgIpc) is 3.32. The first kappa shape index (κ1) is 18.9. The second-order valence-corrected chi connectivity index (χ2v) is 6.96. The number of rotatable bonds is 5. The summed E-state index contributed by atoms with van der Waals surface area (Å²) in [5, 5.41) is 7.69. The number of urea groups is 1. The highest BCUT2D eigenvalue weighted by Gasteiger charge is 2.23. The molecule has 0 aromatic carbocycles. The van der Waals surface area contributed by atoms with Crippen LogP contribution in [0, 0.1) is 0 Å². The molecule has 0 radical (unpaired) electrons. The molecule has 0 unspecified atom stereocenters. The van der Waals surface area contributed by atoms with Crippen molar-refractivity contribution in [2.45, 2.75) is 19.9 Å². The Morgan fingerprint density at radius 1 is 1.22 bits per heavy atom. The molecule has 0 saturated carbocycles. The first-order chi connectivity index (χ1) is 13.0. The maximum Gasteiger partial charge on any atom is 0.323 e. The van der Waals surface area contributed by atoms with Crippen LogP contribution in [0.4, 0.5) is 9.93 Å². The van der Waals surface area contributed by atoms with Gasteiger partial charge in [0, 0.05) is 38.5 Å². The molecule has 27 heavy (non-hydrogen) atoms. The smallest absolute Gasteiger partial charge is 0.323 e. The molecule has 2 aromatic heterocycles. The van der Waals surface area contributed by atoms with Gasteiger partial charge in [0.25, 0.3) is 0 Å². The van der Waals surface area contributed by atoms with E-state index in [-0.39, 0.29) is 24.3 Å². The maximum absolute atomic E-state index is 12.3. The minimum Gasteiger partial charge on any atom is -0.467 e. The molecule has 1 saturated heterocycles. The molecule has 0 spiro atoms. The summed E-state index contributed by atoms with van der Waals surface area (Å²) in [5.41, 5.74) is 0.591. The van der Waals surface area contributed by atoms with Crippen molar-refractivity contribution in [3.05, 3.63) is 35.2 Å². The largest absolute Gasteiger partial charge is 0.467 e. The zero-order valence-corrected chi connectivity index (χ0v) is 15.8. The Balaban J connectivity index is 1.44. The van der Waals surface area contributed by atoms with Gasteiger partial charge in [-0.1, -0.05) is 0 Å². The van der Waals surface area contributed by atoms with Gasteiger partial charge in [-0.2, -0.15) is 0 Å². The van der Waals surface area contributed by atoms with Crippen LogP contribution in [0.15, 0.2) is 28.2 Å². The summed E-state index contributed by atoms with van der Waals surface area (Å²) in [5.74, 6) is 0.527. The third-order valence-corrected chi connectivity index (χ3v) is 4.97. The lowest BCUT2D eigenvalue weighted by Crippen LogP contribution is -2.51. The third kappa shape index (κ3) is 5.30. The number of piperazine rings is 1. The van der Waals surface area contributed by atoms with Crippen LogP contribution in [0.25, 0.3) is 0 Å². The van der Waals surface area contributed by atoms with Crippen LogP contribution in [0.5, 0.6) is 0 Å². The lowest BCUT2D eigenvalue weighted by Gasteiger charge is -2.33. The predicted octanol–water partition coefficient (Wildman–Crippen LogP) is 1.29. The summed E-state index contributed by atoms with van der Waals surface area (Å²) in [6, 6.07) is 3.30. The number of anilines is 1. The molecule has 10 heteroatoms. The van der Waals surface area contributed by atoms with Crippen molar-refractivity contribution in [2.75, 3.05) is 31.5 Å². The molecular formula is C17H21N5O4S. The van der Waals surface area contributed by atoms with Gasteiger partial charge in [0.1, 0.15) is 5.76 Å². The highest BCUT2D eigenvalue weighted by Crippen LogP contribution is 2.17. The fourth-order valence-corrected chi connectivity index (χ4v) is 3.37. The van der Waals surface area contributed by atoms with Crippen LogP contribution in [0.2, 0.25) is 0 Å². The van der Waals surface area contributed by atoms with E-state index in [4.69, 9.17) is 4.42 Å². The normalized spacial score (nSPS) is 14.1. The van der Waals surface area contributed by atoms with Crippen LogP contribution in [-0.2, 0) is 22.6 Å². The number of carbonyl (C=O) groups excluding carboxylic acids is 3. The van der Waals surface area contributed by atoms with E-state index in [1.54, 1.807) is 33.6 Å².